The van der Waals surface area contributed by atoms with E-state index in [-0.39, 0.29) is 6.42 Å². The second-order valence-corrected chi connectivity index (χ2v) is 3.95. The first kappa shape index (κ1) is 10.0. The van der Waals surface area contributed by atoms with Gasteiger partial charge in [0.25, 0.3) is 5.92 Å². The topological polar surface area (TPSA) is 60.7 Å². The molecule has 0 aromatic rings. The molecule has 0 radical (unpaired) electrons. The van der Waals surface area contributed by atoms with Crippen LogP contribution in [-0.2, 0) is 0 Å². The number of aliphatic hydroxyl groups is 3. The molecule has 1 fully saturated rings. The Kier molecular flexibility index (Phi) is 2.13. The van der Waals surface area contributed by atoms with Gasteiger partial charge in [-0.1, -0.05) is 12.2 Å². The number of hydrogen-bond acceptors (Lipinski definition) is 3. The average Bonchev–Trinajstić information content (AvgIpc) is 2.30. The number of halogens is 2. The fourth-order valence-electron chi connectivity index (χ4n) is 2.34. The number of hydrogen-bond donors (Lipinski definition) is 3. The lowest BCUT2D eigenvalue weighted by Crippen LogP contribution is -2.40. The van der Waals surface area contributed by atoms with Gasteiger partial charge in [-0.25, -0.2) is 8.78 Å². The van der Waals surface area contributed by atoms with E-state index in [1.165, 1.54) is 6.08 Å². The Morgan fingerprint density at radius 2 is 1.79 bits per heavy atom. The molecule has 3 nitrogen and oxygen atoms in total. The maximum atomic E-state index is 13.2. The lowest BCUT2D eigenvalue weighted by molar-refractivity contribution is -0.154. The van der Waals surface area contributed by atoms with Crippen molar-refractivity contribution in [1.82, 2.24) is 0 Å². The lowest BCUT2D eigenvalue weighted by atomic mass is 9.83. The highest BCUT2D eigenvalue weighted by molar-refractivity contribution is 5.15. The quantitative estimate of drug-likeness (QED) is 0.485. The molecular weight excluding hydrogens is 194 g/mol. The van der Waals surface area contributed by atoms with E-state index >= 15 is 0 Å². The van der Waals surface area contributed by atoms with E-state index in [0.717, 1.165) is 0 Å². The summed E-state index contributed by atoms with van der Waals surface area (Å²) in [5, 5.41) is 28.0. The normalized spacial score (nSPS) is 50.5. The zero-order valence-electron chi connectivity index (χ0n) is 7.35. The Morgan fingerprint density at radius 3 is 2.36 bits per heavy atom. The van der Waals surface area contributed by atoms with Crippen molar-refractivity contribution in [3.8, 4) is 0 Å². The minimum Gasteiger partial charge on any atom is -0.392 e. The van der Waals surface area contributed by atoms with Crippen LogP contribution in [0.1, 0.15) is 6.42 Å². The summed E-state index contributed by atoms with van der Waals surface area (Å²) in [6, 6.07) is 0. The predicted octanol–water partition coefficient (Wildman–Crippen LogP) is -0.0897. The standard InChI is InChI=1S/C9H12F2O3/c10-9(11)7(13)4-2-1-3-5(12)6(4)8(9)14/h1-2,4-8,12-14H,3H2/t4-,5+,6+,7-,8+/m1/s1. The third kappa shape index (κ3) is 1.12. The van der Waals surface area contributed by atoms with Gasteiger partial charge in [-0.15, -0.1) is 0 Å². The molecule has 2 aliphatic rings. The molecule has 80 valence electrons. The molecule has 0 spiro atoms. The minimum atomic E-state index is -3.52. The molecule has 0 aromatic heterocycles. The predicted molar refractivity (Wildman–Crippen MR) is 43.7 cm³/mol. The summed E-state index contributed by atoms with van der Waals surface area (Å²) in [4.78, 5) is 0. The summed E-state index contributed by atoms with van der Waals surface area (Å²) in [5.74, 6) is -5.32. The zero-order valence-corrected chi connectivity index (χ0v) is 7.35. The van der Waals surface area contributed by atoms with E-state index in [1.807, 2.05) is 0 Å². The highest BCUT2D eigenvalue weighted by atomic mass is 19.3. The third-order valence-corrected chi connectivity index (χ3v) is 3.14. The van der Waals surface area contributed by atoms with E-state index in [0.29, 0.717) is 0 Å². The van der Waals surface area contributed by atoms with Crippen LogP contribution in [-0.4, -0.2) is 39.6 Å². The van der Waals surface area contributed by atoms with Crippen LogP contribution in [0.15, 0.2) is 12.2 Å². The molecule has 0 amide bonds. The van der Waals surface area contributed by atoms with E-state index in [4.69, 9.17) is 0 Å². The molecule has 0 heterocycles. The first-order chi connectivity index (χ1) is 6.46. The van der Waals surface area contributed by atoms with E-state index in [1.54, 1.807) is 6.08 Å². The van der Waals surface area contributed by atoms with E-state index in [2.05, 4.69) is 0 Å². The van der Waals surface area contributed by atoms with Gasteiger partial charge in [-0.2, -0.15) is 0 Å². The number of rotatable bonds is 0. The van der Waals surface area contributed by atoms with Crippen molar-refractivity contribution in [2.75, 3.05) is 0 Å². The first-order valence-corrected chi connectivity index (χ1v) is 4.55. The van der Waals surface area contributed by atoms with Crippen LogP contribution in [0.25, 0.3) is 0 Å². The lowest BCUT2D eigenvalue weighted by Gasteiger charge is -2.27. The molecule has 0 aliphatic heterocycles. The van der Waals surface area contributed by atoms with Gasteiger partial charge in [0.15, 0.2) is 0 Å². The van der Waals surface area contributed by atoms with Crippen LogP contribution < -0.4 is 0 Å². The van der Waals surface area contributed by atoms with E-state index in [9.17, 15) is 24.1 Å². The molecule has 5 atom stereocenters. The Bertz CT molecular complexity index is 267. The van der Waals surface area contributed by atoms with Crippen LogP contribution >= 0.6 is 0 Å². The van der Waals surface area contributed by atoms with Crippen LogP contribution in [0.2, 0.25) is 0 Å². The highest BCUT2D eigenvalue weighted by Crippen LogP contribution is 2.47. The monoisotopic (exact) mass is 206 g/mol. The fraction of sp³-hybridized carbons (Fsp3) is 0.778. The van der Waals surface area contributed by atoms with Crippen molar-refractivity contribution in [2.45, 2.75) is 30.7 Å². The van der Waals surface area contributed by atoms with Crippen LogP contribution in [0.4, 0.5) is 8.78 Å². The minimum absolute atomic E-state index is 0.251. The van der Waals surface area contributed by atoms with Gasteiger partial charge in [0.2, 0.25) is 0 Å². The molecule has 0 saturated heterocycles. The molecule has 1 saturated carbocycles. The summed E-state index contributed by atoms with van der Waals surface area (Å²) in [7, 11) is 0. The number of fused-ring (bicyclic) bond motifs is 1. The Morgan fingerprint density at radius 1 is 1.14 bits per heavy atom. The second kappa shape index (κ2) is 2.98. The van der Waals surface area contributed by atoms with Crippen molar-refractivity contribution in [2.24, 2.45) is 11.8 Å². The van der Waals surface area contributed by atoms with Gasteiger partial charge >= 0.3 is 0 Å². The highest BCUT2D eigenvalue weighted by Gasteiger charge is 2.63. The zero-order chi connectivity index (χ0) is 10.5. The number of alkyl halides is 2. The van der Waals surface area contributed by atoms with Crippen molar-refractivity contribution in [3.05, 3.63) is 12.2 Å². The maximum Gasteiger partial charge on any atom is 0.299 e. The summed E-state index contributed by atoms with van der Waals surface area (Å²) >= 11 is 0. The third-order valence-electron chi connectivity index (χ3n) is 3.14. The van der Waals surface area contributed by atoms with Gasteiger partial charge < -0.3 is 15.3 Å². The second-order valence-electron chi connectivity index (χ2n) is 3.95. The molecular formula is C9H12F2O3. The Labute approximate surface area is 79.7 Å². The van der Waals surface area contributed by atoms with Gasteiger partial charge in [0.1, 0.15) is 12.2 Å². The van der Waals surface area contributed by atoms with Crippen molar-refractivity contribution < 1.29 is 24.1 Å². The molecule has 5 heteroatoms. The number of aliphatic hydroxyl groups excluding tert-OH is 3. The van der Waals surface area contributed by atoms with Crippen molar-refractivity contribution in [1.29, 1.82) is 0 Å². The SMILES string of the molecule is O[C@@H]1[C@@H]2C=CC[C@H](O)[C@H]2[C@H](O)C1(F)F. The molecule has 2 aliphatic carbocycles. The molecule has 0 unspecified atom stereocenters. The smallest absolute Gasteiger partial charge is 0.299 e. The summed E-state index contributed by atoms with van der Waals surface area (Å²) in [6.07, 6.45) is -1.59. The molecule has 3 N–H and O–H groups in total. The summed E-state index contributed by atoms with van der Waals surface area (Å²) < 4.78 is 26.3. The Hall–Kier alpha value is -0.520. The van der Waals surface area contributed by atoms with Crippen LogP contribution in [0.5, 0.6) is 0 Å². The average molecular weight is 206 g/mol. The van der Waals surface area contributed by atoms with Gasteiger partial charge in [-0.3, -0.25) is 0 Å². The summed E-state index contributed by atoms with van der Waals surface area (Å²) in [5.41, 5.74) is 0. The molecule has 2 rings (SSSR count). The molecule has 0 bridgehead atoms. The maximum absolute atomic E-state index is 13.2. The van der Waals surface area contributed by atoms with Crippen molar-refractivity contribution >= 4 is 0 Å². The Balaban J connectivity index is 2.35. The molecule has 0 aromatic carbocycles. The largest absolute Gasteiger partial charge is 0.392 e. The van der Waals surface area contributed by atoms with Crippen molar-refractivity contribution in [3.63, 3.8) is 0 Å². The molecule has 14 heavy (non-hydrogen) atoms. The summed E-state index contributed by atoms with van der Waals surface area (Å²) in [6.45, 7) is 0. The van der Waals surface area contributed by atoms with Gasteiger partial charge in [0, 0.05) is 11.8 Å². The van der Waals surface area contributed by atoms with Crippen LogP contribution in [0.3, 0.4) is 0 Å². The van der Waals surface area contributed by atoms with E-state index < -0.39 is 36.1 Å². The van der Waals surface area contributed by atoms with Crippen LogP contribution in [0, 0.1) is 11.8 Å². The fourth-order valence-corrected chi connectivity index (χ4v) is 2.34. The first-order valence-electron chi connectivity index (χ1n) is 4.55. The van der Waals surface area contributed by atoms with Gasteiger partial charge in [0.05, 0.1) is 6.10 Å². The van der Waals surface area contributed by atoms with Gasteiger partial charge in [-0.05, 0) is 6.42 Å².